The van der Waals surface area contributed by atoms with Gasteiger partial charge in [-0.2, -0.15) is 0 Å². The molecule has 1 saturated heterocycles. The van der Waals surface area contributed by atoms with Gasteiger partial charge in [0.2, 0.25) is 5.43 Å². The number of hydrogen-bond donors (Lipinski definition) is 2. The molecular weight excluding hydrogens is 372 g/mol. The Morgan fingerprint density at radius 1 is 1.46 bits per heavy atom. The third kappa shape index (κ3) is 2.81. The van der Waals surface area contributed by atoms with Crippen LogP contribution in [0.3, 0.4) is 0 Å². The lowest BCUT2D eigenvalue weighted by Crippen LogP contribution is -2.45. The fourth-order valence-electron chi connectivity index (χ4n) is 3.92. The number of carbonyl (C=O) groups is 1. The van der Waals surface area contributed by atoms with Gasteiger partial charge < -0.3 is 25.0 Å². The number of nitrogens with zero attached hydrogens (tertiary/aromatic N) is 2. The average molecular weight is 393 g/mol. The Morgan fingerprint density at radius 2 is 2.18 bits per heavy atom. The Kier molecular flexibility index (Phi) is 4.29. The highest BCUT2D eigenvalue weighted by Gasteiger charge is 2.38. The molecule has 2 aromatic rings. The molecule has 0 unspecified atom stereocenters. The number of aromatic nitrogens is 1. The van der Waals surface area contributed by atoms with E-state index >= 15 is 4.39 Å². The fraction of sp³-hybridized carbons (Fsp3) is 0.474. The van der Waals surface area contributed by atoms with E-state index in [1.165, 1.54) is 13.3 Å². The van der Waals surface area contributed by atoms with Crippen LogP contribution in [0.5, 0.6) is 5.75 Å². The lowest BCUT2D eigenvalue weighted by Gasteiger charge is -2.26. The van der Waals surface area contributed by atoms with Crippen molar-refractivity contribution in [3.63, 3.8) is 0 Å². The summed E-state index contributed by atoms with van der Waals surface area (Å²) < 4.78 is 35.6. The zero-order valence-electron chi connectivity index (χ0n) is 15.4. The summed E-state index contributed by atoms with van der Waals surface area (Å²) in [6.45, 7) is -0.265. The third-order valence-corrected chi connectivity index (χ3v) is 5.54. The van der Waals surface area contributed by atoms with Crippen molar-refractivity contribution in [2.45, 2.75) is 30.8 Å². The Bertz CT molecular complexity index is 1030. The molecule has 2 aliphatic rings. The number of ether oxygens (including phenoxy) is 1. The molecule has 1 aromatic carbocycles. The number of alkyl halides is 1. The molecule has 4 rings (SSSR count). The molecule has 1 saturated carbocycles. The van der Waals surface area contributed by atoms with Gasteiger partial charge in [-0.15, -0.1) is 0 Å². The molecule has 2 fully saturated rings. The summed E-state index contributed by atoms with van der Waals surface area (Å²) in [5.74, 6) is -1.95. The standard InChI is InChI=1S/C19H21F2N3O4/c1-28-17-14-11(16(25)12(18(26)27)7-24(14)10-2-3-10)6-13(21)15(17)23-5-4-19(22,8-20)9-23/h6-7,10H,2-5,8-9,22H2,1H3,(H,26,27)/t19-/m1/s1. The van der Waals surface area contributed by atoms with Gasteiger partial charge in [0.25, 0.3) is 0 Å². The number of fused-ring (bicyclic) bond motifs is 1. The van der Waals surface area contributed by atoms with E-state index in [-0.39, 0.29) is 29.4 Å². The van der Waals surface area contributed by atoms with E-state index in [1.807, 2.05) is 0 Å². The van der Waals surface area contributed by atoms with Crippen molar-refractivity contribution in [3.05, 3.63) is 33.9 Å². The number of benzene rings is 1. The van der Waals surface area contributed by atoms with E-state index in [1.54, 1.807) is 9.47 Å². The summed E-state index contributed by atoms with van der Waals surface area (Å²) in [5, 5.41) is 9.32. The van der Waals surface area contributed by atoms with Crippen molar-refractivity contribution >= 4 is 22.6 Å². The third-order valence-electron chi connectivity index (χ3n) is 5.54. The predicted molar refractivity (Wildman–Crippen MR) is 99.7 cm³/mol. The van der Waals surface area contributed by atoms with Crippen LogP contribution in [-0.4, -0.2) is 48.1 Å². The quantitative estimate of drug-likeness (QED) is 0.807. The van der Waals surface area contributed by atoms with Gasteiger partial charge in [0.15, 0.2) is 11.6 Å². The number of methoxy groups -OCH3 is 1. The van der Waals surface area contributed by atoms with Crippen LogP contribution in [-0.2, 0) is 0 Å². The lowest BCUT2D eigenvalue weighted by molar-refractivity contribution is 0.0695. The predicted octanol–water partition coefficient (Wildman–Crippen LogP) is 2.06. The van der Waals surface area contributed by atoms with E-state index in [2.05, 4.69) is 0 Å². The number of aromatic carboxylic acids is 1. The minimum atomic E-state index is -1.36. The van der Waals surface area contributed by atoms with Crippen LogP contribution in [0.2, 0.25) is 0 Å². The van der Waals surface area contributed by atoms with Crippen molar-refractivity contribution in [2.24, 2.45) is 5.73 Å². The van der Waals surface area contributed by atoms with Crippen molar-refractivity contribution in [3.8, 4) is 5.75 Å². The first-order valence-corrected chi connectivity index (χ1v) is 9.08. The summed E-state index contributed by atoms with van der Waals surface area (Å²) in [7, 11) is 1.37. The monoisotopic (exact) mass is 393 g/mol. The molecule has 3 N–H and O–H groups in total. The van der Waals surface area contributed by atoms with Gasteiger partial charge in [0.1, 0.15) is 17.9 Å². The van der Waals surface area contributed by atoms with Crippen molar-refractivity contribution < 1.29 is 23.4 Å². The molecule has 7 nitrogen and oxygen atoms in total. The van der Waals surface area contributed by atoms with Crippen LogP contribution in [0.15, 0.2) is 17.1 Å². The van der Waals surface area contributed by atoms with Crippen LogP contribution in [0.25, 0.3) is 10.9 Å². The summed E-state index contributed by atoms with van der Waals surface area (Å²) in [6, 6.07) is 1.07. The fourth-order valence-corrected chi connectivity index (χ4v) is 3.92. The molecule has 1 aliphatic carbocycles. The molecular formula is C19H21F2N3O4. The van der Waals surface area contributed by atoms with Gasteiger partial charge in [-0.05, 0) is 25.3 Å². The van der Waals surface area contributed by atoms with Crippen molar-refractivity contribution in [1.29, 1.82) is 0 Å². The smallest absolute Gasteiger partial charge is 0.341 e. The van der Waals surface area contributed by atoms with E-state index < -0.39 is 35.0 Å². The van der Waals surface area contributed by atoms with Gasteiger partial charge in [0.05, 0.1) is 23.6 Å². The Hall–Kier alpha value is -2.68. The average Bonchev–Trinajstić information content (AvgIpc) is 3.43. The number of anilines is 1. The molecule has 1 aromatic heterocycles. The second-order valence-corrected chi connectivity index (χ2v) is 7.62. The number of hydrogen-bond acceptors (Lipinski definition) is 5. The first-order valence-electron chi connectivity index (χ1n) is 9.08. The number of pyridine rings is 1. The Labute approximate surface area is 159 Å². The minimum Gasteiger partial charge on any atom is -0.492 e. The molecule has 9 heteroatoms. The molecule has 1 aliphatic heterocycles. The second-order valence-electron chi connectivity index (χ2n) is 7.62. The molecule has 0 spiro atoms. The first-order chi connectivity index (χ1) is 13.3. The van der Waals surface area contributed by atoms with E-state index in [4.69, 9.17) is 10.5 Å². The van der Waals surface area contributed by atoms with Crippen LogP contribution >= 0.6 is 0 Å². The molecule has 1 atom stereocenters. The highest BCUT2D eigenvalue weighted by Crippen LogP contribution is 2.44. The Balaban J connectivity index is 2.00. The van der Waals surface area contributed by atoms with Crippen molar-refractivity contribution in [2.75, 3.05) is 31.8 Å². The van der Waals surface area contributed by atoms with Gasteiger partial charge in [-0.25, -0.2) is 13.6 Å². The minimum absolute atomic E-state index is 0.0198. The zero-order chi connectivity index (χ0) is 20.2. The molecule has 150 valence electrons. The SMILES string of the molecule is COc1c(N2CC[C@@](N)(CF)C2)c(F)cc2c(=O)c(C(=O)O)cn(C3CC3)c12. The first kappa shape index (κ1) is 18.7. The number of rotatable bonds is 5. The molecule has 2 heterocycles. The highest BCUT2D eigenvalue weighted by atomic mass is 19.1. The summed E-state index contributed by atoms with van der Waals surface area (Å²) in [4.78, 5) is 25.8. The summed E-state index contributed by atoms with van der Waals surface area (Å²) in [6.07, 6.45) is 3.31. The van der Waals surface area contributed by atoms with Crippen LogP contribution < -0.4 is 20.8 Å². The normalized spacial score (nSPS) is 22.1. The maximum absolute atomic E-state index is 15.1. The van der Waals surface area contributed by atoms with Crippen LogP contribution in [0.1, 0.15) is 35.7 Å². The van der Waals surface area contributed by atoms with Crippen LogP contribution in [0.4, 0.5) is 14.5 Å². The number of nitrogens with two attached hydrogens (primary N) is 1. The van der Waals surface area contributed by atoms with E-state index in [0.717, 1.165) is 18.9 Å². The summed E-state index contributed by atoms with van der Waals surface area (Å²) >= 11 is 0. The van der Waals surface area contributed by atoms with Gasteiger partial charge in [-0.1, -0.05) is 0 Å². The van der Waals surface area contributed by atoms with Gasteiger partial charge in [-0.3, -0.25) is 4.79 Å². The highest BCUT2D eigenvalue weighted by molar-refractivity contribution is 5.97. The second kappa shape index (κ2) is 6.44. The number of carboxylic acids is 1. The maximum atomic E-state index is 15.1. The molecule has 0 amide bonds. The molecule has 28 heavy (non-hydrogen) atoms. The number of halogens is 2. The number of carboxylic acid groups (broad SMARTS) is 1. The molecule has 0 bridgehead atoms. The van der Waals surface area contributed by atoms with Gasteiger partial charge >= 0.3 is 5.97 Å². The topological polar surface area (TPSA) is 97.8 Å². The van der Waals surface area contributed by atoms with Crippen molar-refractivity contribution in [1.82, 2.24) is 4.57 Å². The lowest BCUT2D eigenvalue weighted by atomic mass is 10.0. The summed E-state index contributed by atoms with van der Waals surface area (Å²) in [5.41, 5.74) is 4.25. The van der Waals surface area contributed by atoms with E-state index in [9.17, 15) is 19.1 Å². The Morgan fingerprint density at radius 3 is 2.71 bits per heavy atom. The van der Waals surface area contributed by atoms with Gasteiger partial charge in [0, 0.05) is 25.3 Å². The van der Waals surface area contributed by atoms with Crippen LogP contribution in [0, 0.1) is 5.82 Å². The largest absolute Gasteiger partial charge is 0.492 e. The molecule has 0 radical (unpaired) electrons. The van der Waals surface area contributed by atoms with E-state index in [0.29, 0.717) is 18.5 Å². The zero-order valence-corrected chi connectivity index (χ0v) is 15.4. The maximum Gasteiger partial charge on any atom is 0.341 e.